The first-order chi connectivity index (χ1) is 15.9. The molecule has 1 N–H and O–H groups in total. The second-order valence-electron chi connectivity index (χ2n) is 8.74. The van der Waals surface area contributed by atoms with Crippen molar-refractivity contribution in [2.24, 2.45) is 0 Å². The number of benzene rings is 2. The van der Waals surface area contributed by atoms with Crippen LogP contribution in [0.4, 0.5) is 4.79 Å². The van der Waals surface area contributed by atoms with Gasteiger partial charge in [-0.3, -0.25) is 19.7 Å². The van der Waals surface area contributed by atoms with Crippen molar-refractivity contribution in [1.82, 2.24) is 10.2 Å². The Morgan fingerprint density at radius 1 is 1.03 bits per heavy atom. The van der Waals surface area contributed by atoms with E-state index in [1.807, 2.05) is 31.3 Å². The largest absolute Gasteiger partial charge is 0.341 e. The number of hydrogen-bond acceptors (Lipinski definition) is 4. The van der Waals surface area contributed by atoms with E-state index in [1.54, 1.807) is 4.90 Å². The van der Waals surface area contributed by atoms with Crippen LogP contribution in [0.3, 0.4) is 0 Å². The molecule has 1 heterocycles. The van der Waals surface area contributed by atoms with Crippen LogP contribution in [0.15, 0.2) is 42.5 Å². The van der Waals surface area contributed by atoms with E-state index in [1.165, 1.54) is 19.3 Å². The van der Waals surface area contributed by atoms with E-state index in [2.05, 4.69) is 37.4 Å². The van der Waals surface area contributed by atoms with Gasteiger partial charge in [-0.25, -0.2) is 0 Å². The van der Waals surface area contributed by atoms with Gasteiger partial charge in [-0.15, -0.1) is 0 Å². The van der Waals surface area contributed by atoms with Crippen molar-refractivity contribution < 1.29 is 14.4 Å². The first-order valence-electron chi connectivity index (χ1n) is 11.8. The second-order valence-corrected chi connectivity index (χ2v) is 9.92. The lowest BCUT2D eigenvalue weighted by molar-refractivity contribution is -0.130. The first-order valence-corrected chi connectivity index (χ1v) is 12.7. The number of amides is 3. The van der Waals surface area contributed by atoms with Crippen molar-refractivity contribution in [2.45, 2.75) is 70.6 Å². The van der Waals surface area contributed by atoms with Gasteiger partial charge < -0.3 is 4.90 Å². The third-order valence-corrected chi connectivity index (χ3v) is 7.25. The van der Waals surface area contributed by atoms with Crippen LogP contribution in [-0.2, 0) is 22.6 Å². The van der Waals surface area contributed by atoms with Gasteiger partial charge in [0.05, 0.1) is 5.25 Å². The Morgan fingerprint density at radius 2 is 1.76 bits per heavy atom. The number of nitrogens with one attached hydrogen (secondary N) is 1. The normalized spacial score (nSPS) is 15.5. The van der Waals surface area contributed by atoms with Crippen LogP contribution in [0.5, 0.6) is 0 Å². The Hall–Kier alpha value is -2.60. The molecule has 0 aliphatic carbocycles. The third kappa shape index (κ3) is 6.70. The van der Waals surface area contributed by atoms with Crippen LogP contribution in [-0.4, -0.2) is 34.3 Å². The molecule has 0 bridgehead atoms. The van der Waals surface area contributed by atoms with Crippen LogP contribution in [0, 0.1) is 6.92 Å². The summed E-state index contributed by atoms with van der Waals surface area (Å²) in [4.78, 5) is 38.4. The Morgan fingerprint density at radius 3 is 2.42 bits per heavy atom. The van der Waals surface area contributed by atoms with Crippen molar-refractivity contribution in [3.63, 3.8) is 0 Å². The maximum absolute atomic E-state index is 12.8. The summed E-state index contributed by atoms with van der Waals surface area (Å²) in [6.07, 6.45) is 6.61. The number of unbranched alkanes of at least 4 members (excludes halogenated alkanes) is 4. The summed E-state index contributed by atoms with van der Waals surface area (Å²) in [5.74, 6) is -0.0950. The van der Waals surface area contributed by atoms with Gasteiger partial charge >= 0.3 is 0 Å². The molecule has 1 aliphatic rings. The zero-order valence-corrected chi connectivity index (χ0v) is 20.7. The standard InChI is InChI=1S/C27H34N2O3S/c1-4-5-6-7-11-14-25(30)29(3)18-23-19(2)22(20-12-9-8-10-13-20)16-15-21(23)17-24-26(31)28-27(32)33-24/h8-10,12-13,15-16,24H,4-7,11,14,17-18H2,1-3H3,(H,28,31,32). The van der Waals surface area contributed by atoms with Crippen molar-refractivity contribution in [2.75, 3.05) is 7.05 Å². The van der Waals surface area contributed by atoms with Gasteiger partial charge in [0.25, 0.3) is 5.24 Å². The fraction of sp³-hybridized carbons (Fsp3) is 0.444. The predicted molar refractivity (Wildman–Crippen MR) is 135 cm³/mol. The average molecular weight is 467 g/mol. The van der Waals surface area contributed by atoms with Gasteiger partial charge in [-0.1, -0.05) is 86.8 Å². The quantitative estimate of drug-likeness (QED) is 0.420. The highest BCUT2D eigenvalue weighted by Gasteiger charge is 2.32. The molecule has 0 aromatic heterocycles. The summed E-state index contributed by atoms with van der Waals surface area (Å²) in [5, 5.41) is 1.65. The summed E-state index contributed by atoms with van der Waals surface area (Å²) in [7, 11) is 1.85. The Balaban J connectivity index is 1.82. The molecular weight excluding hydrogens is 432 g/mol. The summed E-state index contributed by atoms with van der Waals surface area (Å²) >= 11 is 1.05. The van der Waals surface area contributed by atoms with E-state index in [0.29, 0.717) is 19.4 Å². The molecule has 1 fully saturated rings. The maximum Gasteiger partial charge on any atom is 0.286 e. The van der Waals surface area contributed by atoms with Crippen molar-refractivity contribution in [3.05, 3.63) is 59.2 Å². The molecule has 0 spiro atoms. The molecule has 2 aromatic carbocycles. The molecule has 3 amide bonds. The highest BCUT2D eigenvalue weighted by atomic mass is 32.2. The Bertz CT molecular complexity index is 990. The zero-order chi connectivity index (χ0) is 23.8. The summed E-state index contributed by atoms with van der Waals surface area (Å²) in [5.41, 5.74) is 5.42. The van der Waals surface area contributed by atoms with E-state index in [9.17, 15) is 14.4 Å². The van der Waals surface area contributed by atoms with E-state index < -0.39 is 5.25 Å². The van der Waals surface area contributed by atoms with Crippen molar-refractivity contribution >= 4 is 28.8 Å². The minimum Gasteiger partial charge on any atom is -0.341 e. The van der Waals surface area contributed by atoms with Gasteiger partial charge in [0.2, 0.25) is 11.8 Å². The number of hydrogen-bond donors (Lipinski definition) is 1. The Labute approximate surface area is 201 Å². The number of carbonyl (C=O) groups excluding carboxylic acids is 3. The van der Waals surface area contributed by atoms with E-state index >= 15 is 0 Å². The van der Waals surface area contributed by atoms with Crippen LogP contribution in [0.25, 0.3) is 11.1 Å². The summed E-state index contributed by atoms with van der Waals surface area (Å²) < 4.78 is 0. The minimum absolute atomic E-state index is 0.144. The highest BCUT2D eigenvalue weighted by Crippen LogP contribution is 2.32. The number of imide groups is 1. The molecule has 3 rings (SSSR count). The molecule has 5 nitrogen and oxygen atoms in total. The monoisotopic (exact) mass is 466 g/mol. The smallest absolute Gasteiger partial charge is 0.286 e. The third-order valence-electron chi connectivity index (χ3n) is 6.27. The Kier molecular flexibility index (Phi) is 9.12. The number of carbonyl (C=O) groups is 3. The minimum atomic E-state index is -0.433. The van der Waals surface area contributed by atoms with Crippen LogP contribution < -0.4 is 5.32 Å². The molecule has 1 unspecified atom stereocenters. The highest BCUT2D eigenvalue weighted by molar-refractivity contribution is 8.15. The van der Waals surface area contributed by atoms with Gasteiger partial charge in [0, 0.05) is 20.0 Å². The average Bonchev–Trinajstić information content (AvgIpc) is 3.12. The predicted octanol–water partition coefficient (Wildman–Crippen LogP) is 5.88. The fourth-order valence-corrected chi connectivity index (χ4v) is 5.12. The lowest BCUT2D eigenvalue weighted by atomic mass is 9.90. The number of rotatable bonds is 11. The molecule has 33 heavy (non-hydrogen) atoms. The molecule has 176 valence electrons. The van der Waals surface area contributed by atoms with Gasteiger partial charge in [-0.05, 0) is 47.6 Å². The second kappa shape index (κ2) is 12.0. The van der Waals surface area contributed by atoms with Gasteiger partial charge in [0.15, 0.2) is 0 Å². The first kappa shape index (κ1) is 25.0. The molecule has 6 heteroatoms. The van der Waals surface area contributed by atoms with E-state index in [4.69, 9.17) is 0 Å². The molecule has 0 radical (unpaired) electrons. The molecule has 1 aliphatic heterocycles. The number of nitrogens with zero attached hydrogens (tertiary/aromatic N) is 1. The zero-order valence-electron chi connectivity index (χ0n) is 19.9. The van der Waals surface area contributed by atoms with Gasteiger partial charge in [-0.2, -0.15) is 0 Å². The van der Waals surface area contributed by atoms with Crippen LogP contribution in [0.2, 0.25) is 0 Å². The molecule has 1 saturated heterocycles. The molecular formula is C27H34N2O3S. The lowest BCUT2D eigenvalue weighted by Gasteiger charge is -2.23. The van der Waals surface area contributed by atoms with E-state index in [-0.39, 0.29) is 17.1 Å². The van der Waals surface area contributed by atoms with Gasteiger partial charge in [0.1, 0.15) is 0 Å². The van der Waals surface area contributed by atoms with Crippen molar-refractivity contribution in [3.8, 4) is 11.1 Å². The fourth-order valence-electron chi connectivity index (χ4n) is 4.28. The molecule has 1 atom stereocenters. The summed E-state index contributed by atoms with van der Waals surface area (Å²) in [6, 6.07) is 14.3. The van der Waals surface area contributed by atoms with Crippen LogP contribution in [0.1, 0.15) is 62.1 Å². The van der Waals surface area contributed by atoms with E-state index in [0.717, 1.165) is 52.4 Å². The molecule has 0 saturated carbocycles. The van der Waals surface area contributed by atoms with Crippen LogP contribution >= 0.6 is 11.8 Å². The summed E-state index contributed by atoms with van der Waals surface area (Å²) in [6.45, 7) is 4.76. The topological polar surface area (TPSA) is 66.5 Å². The number of thioether (sulfide) groups is 1. The lowest BCUT2D eigenvalue weighted by Crippen LogP contribution is -2.28. The maximum atomic E-state index is 12.8. The SMILES string of the molecule is CCCCCCCC(=O)N(C)Cc1c(CC2SC(=O)NC2=O)ccc(-c2ccccc2)c1C. The van der Waals surface area contributed by atoms with Crippen molar-refractivity contribution in [1.29, 1.82) is 0 Å². The molecule has 2 aromatic rings.